The Labute approximate surface area is 167 Å². The third-order valence-electron chi connectivity index (χ3n) is 6.53. The van der Waals surface area contributed by atoms with Crippen LogP contribution in [0.15, 0.2) is 12.4 Å². The van der Waals surface area contributed by atoms with Crippen molar-refractivity contribution in [2.75, 3.05) is 39.3 Å². The SMILES string of the molecule is Cc1cnc(CN2CC3(CCCN(CCN4CCCC4=O)C3)CCC2=O)cn1. The van der Waals surface area contributed by atoms with Crippen LogP contribution >= 0.6 is 0 Å². The molecule has 1 atom stereocenters. The predicted octanol–water partition coefficient (Wildman–Crippen LogP) is 1.61. The summed E-state index contributed by atoms with van der Waals surface area (Å²) in [6, 6.07) is 0. The summed E-state index contributed by atoms with van der Waals surface area (Å²) in [7, 11) is 0. The average Bonchev–Trinajstić information content (AvgIpc) is 3.10. The molecule has 3 saturated heterocycles. The summed E-state index contributed by atoms with van der Waals surface area (Å²) < 4.78 is 0. The van der Waals surface area contributed by atoms with E-state index in [2.05, 4.69) is 14.9 Å². The van der Waals surface area contributed by atoms with E-state index in [1.807, 2.05) is 16.7 Å². The predicted molar refractivity (Wildman–Crippen MR) is 105 cm³/mol. The highest BCUT2D eigenvalue weighted by molar-refractivity contribution is 5.78. The standard InChI is InChI=1S/C21H31N5O2/c1-17-12-23-18(13-22-17)14-26-16-21(7-5-20(26)28)6-3-8-24(15-21)10-11-25-9-2-4-19(25)27/h12-13H,2-11,14-16H2,1H3. The largest absolute Gasteiger partial charge is 0.341 e. The minimum absolute atomic E-state index is 0.180. The summed E-state index contributed by atoms with van der Waals surface area (Å²) in [5.74, 6) is 0.535. The lowest BCUT2D eigenvalue weighted by Gasteiger charge is -2.48. The van der Waals surface area contributed by atoms with Crippen LogP contribution in [0.3, 0.4) is 0 Å². The zero-order valence-electron chi connectivity index (χ0n) is 16.9. The quantitative estimate of drug-likeness (QED) is 0.770. The fourth-order valence-electron chi connectivity index (χ4n) is 4.98. The lowest BCUT2D eigenvalue weighted by atomic mass is 9.73. The first kappa shape index (κ1) is 19.3. The van der Waals surface area contributed by atoms with Gasteiger partial charge in [0.1, 0.15) is 0 Å². The van der Waals surface area contributed by atoms with Gasteiger partial charge in [-0.2, -0.15) is 0 Å². The minimum Gasteiger partial charge on any atom is -0.341 e. The second-order valence-corrected chi connectivity index (χ2v) is 8.76. The number of rotatable bonds is 5. The van der Waals surface area contributed by atoms with E-state index in [-0.39, 0.29) is 11.3 Å². The van der Waals surface area contributed by atoms with Crippen molar-refractivity contribution in [1.82, 2.24) is 24.7 Å². The molecule has 28 heavy (non-hydrogen) atoms. The van der Waals surface area contributed by atoms with Gasteiger partial charge in [0.25, 0.3) is 0 Å². The van der Waals surface area contributed by atoms with Crippen molar-refractivity contribution in [2.45, 2.75) is 52.0 Å². The minimum atomic E-state index is 0.180. The molecule has 1 aromatic rings. The molecular weight excluding hydrogens is 354 g/mol. The molecule has 0 aliphatic carbocycles. The van der Waals surface area contributed by atoms with E-state index in [1.54, 1.807) is 12.4 Å². The van der Waals surface area contributed by atoms with E-state index in [0.29, 0.717) is 25.3 Å². The maximum atomic E-state index is 12.5. The highest BCUT2D eigenvalue weighted by Crippen LogP contribution is 2.39. The van der Waals surface area contributed by atoms with Gasteiger partial charge in [0.15, 0.2) is 0 Å². The maximum Gasteiger partial charge on any atom is 0.222 e. The topological polar surface area (TPSA) is 69.6 Å². The Bertz CT molecular complexity index is 722. The monoisotopic (exact) mass is 385 g/mol. The molecule has 3 fully saturated rings. The van der Waals surface area contributed by atoms with Crippen LogP contribution < -0.4 is 0 Å². The van der Waals surface area contributed by atoms with Gasteiger partial charge in [0, 0.05) is 57.2 Å². The van der Waals surface area contributed by atoms with Crippen molar-refractivity contribution in [1.29, 1.82) is 0 Å². The molecule has 7 nitrogen and oxygen atoms in total. The summed E-state index contributed by atoms with van der Waals surface area (Å²) in [5, 5.41) is 0. The second kappa shape index (κ2) is 8.15. The summed E-state index contributed by atoms with van der Waals surface area (Å²) in [4.78, 5) is 39.6. The molecule has 0 radical (unpaired) electrons. The molecule has 1 spiro atoms. The number of amides is 2. The summed E-state index contributed by atoms with van der Waals surface area (Å²) >= 11 is 0. The Hall–Kier alpha value is -2.02. The summed E-state index contributed by atoms with van der Waals surface area (Å²) in [6.45, 7) is 8.11. The molecule has 7 heteroatoms. The normalized spacial score (nSPS) is 26.5. The van der Waals surface area contributed by atoms with Crippen LogP contribution in [0.1, 0.15) is 49.9 Å². The van der Waals surface area contributed by atoms with Crippen LogP contribution in [0.2, 0.25) is 0 Å². The van der Waals surface area contributed by atoms with Crippen LogP contribution in [-0.2, 0) is 16.1 Å². The highest BCUT2D eigenvalue weighted by Gasteiger charge is 2.41. The maximum absolute atomic E-state index is 12.5. The number of aromatic nitrogens is 2. The molecule has 0 N–H and O–H groups in total. The first-order valence-electron chi connectivity index (χ1n) is 10.6. The van der Waals surface area contributed by atoms with E-state index >= 15 is 0 Å². The third kappa shape index (κ3) is 4.35. The summed E-state index contributed by atoms with van der Waals surface area (Å²) in [6.07, 6.45) is 9.20. The second-order valence-electron chi connectivity index (χ2n) is 8.76. The zero-order chi connectivity index (χ0) is 19.6. The Morgan fingerprint density at radius 1 is 0.929 bits per heavy atom. The van der Waals surface area contributed by atoms with E-state index < -0.39 is 0 Å². The molecular formula is C21H31N5O2. The van der Waals surface area contributed by atoms with Crippen molar-refractivity contribution in [3.63, 3.8) is 0 Å². The van der Waals surface area contributed by atoms with Crippen molar-refractivity contribution in [3.05, 3.63) is 23.8 Å². The lowest BCUT2D eigenvalue weighted by Crippen LogP contribution is -2.54. The van der Waals surface area contributed by atoms with Crippen molar-refractivity contribution < 1.29 is 9.59 Å². The smallest absolute Gasteiger partial charge is 0.222 e. The van der Waals surface area contributed by atoms with Gasteiger partial charge in [-0.25, -0.2) is 0 Å². The molecule has 0 aromatic carbocycles. The molecule has 1 aromatic heterocycles. The van der Waals surface area contributed by atoms with E-state index in [9.17, 15) is 9.59 Å². The first-order valence-corrected chi connectivity index (χ1v) is 10.6. The van der Waals surface area contributed by atoms with Crippen LogP contribution in [0.25, 0.3) is 0 Å². The van der Waals surface area contributed by atoms with Crippen molar-refractivity contribution in [2.24, 2.45) is 5.41 Å². The van der Waals surface area contributed by atoms with Crippen LogP contribution in [0, 0.1) is 12.3 Å². The number of carbonyl (C=O) groups excluding carboxylic acids is 2. The Morgan fingerprint density at radius 2 is 1.79 bits per heavy atom. The van der Waals surface area contributed by atoms with E-state index in [0.717, 1.165) is 63.5 Å². The molecule has 4 rings (SSSR count). The number of aryl methyl sites for hydroxylation is 1. The average molecular weight is 386 g/mol. The molecule has 1 unspecified atom stereocenters. The number of nitrogens with zero attached hydrogens (tertiary/aromatic N) is 5. The van der Waals surface area contributed by atoms with Gasteiger partial charge in [-0.1, -0.05) is 0 Å². The summed E-state index contributed by atoms with van der Waals surface area (Å²) in [5.41, 5.74) is 1.93. The van der Waals surface area contributed by atoms with Crippen LogP contribution in [-0.4, -0.2) is 75.8 Å². The Balaban J connectivity index is 1.36. The van der Waals surface area contributed by atoms with Gasteiger partial charge >= 0.3 is 0 Å². The van der Waals surface area contributed by atoms with Gasteiger partial charge in [-0.05, 0) is 39.2 Å². The van der Waals surface area contributed by atoms with Gasteiger partial charge in [-0.3, -0.25) is 19.6 Å². The fraction of sp³-hybridized carbons (Fsp3) is 0.714. The zero-order valence-corrected chi connectivity index (χ0v) is 16.9. The van der Waals surface area contributed by atoms with Gasteiger partial charge < -0.3 is 14.7 Å². The number of hydrogen-bond donors (Lipinski definition) is 0. The fourth-order valence-corrected chi connectivity index (χ4v) is 4.98. The van der Waals surface area contributed by atoms with Gasteiger partial charge in [-0.15, -0.1) is 0 Å². The molecule has 0 bridgehead atoms. The third-order valence-corrected chi connectivity index (χ3v) is 6.53. The molecule has 3 aliphatic rings. The number of carbonyl (C=O) groups is 2. The van der Waals surface area contributed by atoms with Crippen molar-refractivity contribution in [3.8, 4) is 0 Å². The van der Waals surface area contributed by atoms with Gasteiger partial charge in [0.2, 0.25) is 11.8 Å². The Morgan fingerprint density at radius 3 is 2.54 bits per heavy atom. The molecule has 4 heterocycles. The lowest BCUT2D eigenvalue weighted by molar-refractivity contribution is -0.140. The van der Waals surface area contributed by atoms with E-state index in [4.69, 9.17) is 0 Å². The van der Waals surface area contributed by atoms with Gasteiger partial charge in [0.05, 0.1) is 24.1 Å². The first-order chi connectivity index (χ1) is 13.5. The van der Waals surface area contributed by atoms with Crippen molar-refractivity contribution >= 4 is 11.8 Å². The molecule has 152 valence electrons. The number of piperidine rings is 2. The van der Waals surface area contributed by atoms with E-state index in [1.165, 1.54) is 12.8 Å². The number of hydrogen-bond acceptors (Lipinski definition) is 5. The molecule has 3 aliphatic heterocycles. The highest BCUT2D eigenvalue weighted by atomic mass is 16.2. The molecule has 0 saturated carbocycles. The van der Waals surface area contributed by atoms with Crippen LogP contribution in [0.4, 0.5) is 0 Å². The van der Waals surface area contributed by atoms with Crippen LogP contribution in [0.5, 0.6) is 0 Å². The Kier molecular flexibility index (Phi) is 5.62. The number of likely N-dealkylation sites (tertiary alicyclic amines) is 3. The molecule has 2 amide bonds.